The third kappa shape index (κ3) is 13.7. The predicted molar refractivity (Wildman–Crippen MR) is 76.7 cm³/mol. The van der Waals surface area contributed by atoms with Gasteiger partial charge in [0.2, 0.25) is 0 Å². The Hall–Kier alpha value is -0.400. The number of alkyl halides is 1. The third-order valence-electron chi connectivity index (χ3n) is 3.48. The average Bonchev–Trinajstić information content (AvgIpc) is 2.39. The van der Waals surface area contributed by atoms with Crippen LogP contribution in [0.4, 0.5) is 4.39 Å². The molecular weight excluding hydrogens is 227 g/mol. The van der Waals surface area contributed by atoms with Crippen molar-refractivity contribution in [3.63, 3.8) is 0 Å². The Morgan fingerprint density at radius 1 is 0.778 bits per heavy atom. The van der Waals surface area contributed by atoms with E-state index < -0.39 is 6.17 Å². The number of hydrogen-bond donors (Lipinski definition) is 0. The van der Waals surface area contributed by atoms with Crippen LogP contribution in [0.1, 0.15) is 90.4 Å². The molecule has 108 valence electrons. The Kier molecular flexibility index (Phi) is 14.3. The Labute approximate surface area is 113 Å². The molecule has 0 aliphatic rings. The van der Waals surface area contributed by atoms with E-state index in [-0.39, 0.29) is 0 Å². The molecule has 0 aromatic rings. The minimum Gasteiger partial charge on any atom is -0.300 e. The van der Waals surface area contributed by atoms with Crippen molar-refractivity contribution >= 4 is 6.29 Å². The van der Waals surface area contributed by atoms with Crippen LogP contribution >= 0.6 is 0 Å². The highest BCUT2D eigenvalue weighted by Crippen LogP contribution is 2.13. The van der Waals surface area contributed by atoms with Crippen LogP contribution in [0.15, 0.2) is 0 Å². The smallest absolute Gasteiger partial charge is 0.155 e. The second-order valence-corrected chi connectivity index (χ2v) is 5.33. The van der Waals surface area contributed by atoms with Crippen LogP contribution in [0.5, 0.6) is 0 Å². The van der Waals surface area contributed by atoms with Gasteiger partial charge in [0.05, 0.1) is 0 Å². The molecule has 1 atom stereocenters. The Morgan fingerprint density at radius 3 is 1.56 bits per heavy atom. The van der Waals surface area contributed by atoms with E-state index in [1.807, 2.05) is 0 Å². The number of rotatable bonds is 14. The zero-order chi connectivity index (χ0) is 13.5. The molecule has 0 aromatic carbocycles. The first kappa shape index (κ1) is 17.6. The summed E-state index contributed by atoms with van der Waals surface area (Å²) < 4.78 is 12.6. The summed E-state index contributed by atoms with van der Waals surface area (Å²) in [6, 6.07) is 0. The summed E-state index contributed by atoms with van der Waals surface area (Å²) in [5, 5.41) is 0. The molecule has 0 spiro atoms. The maximum absolute atomic E-state index is 12.6. The lowest BCUT2D eigenvalue weighted by molar-refractivity contribution is -0.112. The second kappa shape index (κ2) is 14.7. The standard InChI is InChI=1S/C16H31FO/c1-2-3-4-5-6-7-8-9-10-11-12-13-14-16(17)15-18/h15-16H,2-14H2,1H3/t16-/m0/s1. The molecule has 0 heterocycles. The normalized spacial score (nSPS) is 12.6. The molecule has 0 amide bonds. The molecule has 0 saturated carbocycles. The fraction of sp³-hybridized carbons (Fsp3) is 0.938. The Balaban J connectivity index is 2.96. The number of hydrogen-bond acceptors (Lipinski definition) is 1. The van der Waals surface area contributed by atoms with E-state index in [0.29, 0.717) is 12.7 Å². The molecule has 0 radical (unpaired) electrons. The van der Waals surface area contributed by atoms with Crippen LogP contribution in [0.3, 0.4) is 0 Å². The predicted octanol–water partition coefficient (Wildman–Crippen LogP) is 5.61. The lowest BCUT2D eigenvalue weighted by atomic mass is 10.0. The summed E-state index contributed by atoms with van der Waals surface area (Å²) in [6.45, 7) is 2.25. The molecular formula is C16H31FO. The summed E-state index contributed by atoms with van der Waals surface area (Å²) in [5.74, 6) is 0. The Bertz CT molecular complexity index is 170. The van der Waals surface area contributed by atoms with Gasteiger partial charge in [-0.2, -0.15) is 0 Å². The van der Waals surface area contributed by atoms with Crippen LogP contribution in [0.25, 0.3) is 0 Å². The summed E-state index contributed by atoms with van der Waals surface area (Å²) in [4.78, 5) is 10.1. The van der Waals surface area contributed by atoms with Gasteiger partial charge in [-0.25, -0.2) is 4.39 Å². The highest BCUT2D eigenvalue weighted by atomic mass is 19.1. The van der Waals surface area contributed by atoms with Crippen molar-refractivity contribution in [3.05, 3.63) is 0 Å². The number of unbranched alkanes of at least 4 members (excludes halogenated alkanes) is 11. The van der Waals surface area contributed by atoms with Crippen LogP contribution in [0.2, 0.25) is 0 Å². The highest BCUT2D eigenvalue weighted by molar-refractivity contribution is 5.55. The number of halogens is 1. The lowest BCUT2D eigenvalue weighted by Gasteiger charge is -2.03. The molecule has 18 heavy (non-hydrogen) atoms. The van der Waals surface area contributed by atoms with Gasteiger partial charge in [0.25, 0.3) is 0 Å². The number of carbonyl (C=O) groups is 1. The zero-order valence-electron chi connectivity index (χ0n) is 12.1. The van der Waals surface area contributed by atoms with E-state index >= 15 is 0 Å². The summed E-state index contributed by atoms with van der Waals surface area (Å²) in [6.07, 6.45) is 15.0. The van der Waals surface area contributed by atoms with Gasteiger partial charge >= 0.3 is 0 Å². The molecule has 0 aliphatic carbocycles. The van der Waals surface area contributed by atoms with E-state index in [2.05, 4.69) is 6.92 Å². The van der Waals surface area contributed by atoms with Crippen LogP contribution < -0.4 is 0 Å². The van der Waals surface area contributed by atoms with E-state index in [9.17, 15) is 9.18 Å². The summed E-state index contributed by atoms with van der Waals surface area (Å²) >= 11 is 0. The first-order valence-corrected chi connectivity index (χ1v) is 7.90. The molecule has 0 rings (SSSR count). The number of aldehydes is 1. The molecule has 0 bridgehead atoms. The molecule has 2 heteroatoms. The fourth-order valence-corrected chi connectivity index (χ4v) is 2.25. The molecule has 0 N–H and O–H groups in total. The molecule has 0 fully saturated rings. The van der Waals surface area contributed by atoms with Crippen molar-refractivity contribution in [2.75, 3.05) is 0 Å². The summed E-state index contributed by atoms with van der Waals surface area (Å²) in [5.41, 5.74) is 0. The van der Waals surface area contributed by atoms with Crippen molar-refractivity contribution in [3.8, 4) is 0 Å². The van der Waals surface area contributed by atoms with Crippen molar-refractivity contribution in [2.45, 2.75) is 96.6 Å². The van der Waals surface area contributed by atoms with E-state index in [1.54, 1.807) is 0 Å². The fourth-order valence-electron chi connectivity index (χ4n) is 2.25. The van der Waals surface area contributed by atoms with E-state index in [4.69, 9.17) is 0 Å². The monoisotopic (exact) mass is 258 g/mol. The molecule has 0 saturated heterocycles. The van der Waals surface area contributed by atoms with Gasteiger partial charge in [0.15, 0.2) is 12.5 Å². The maximum atomic E-state index is 12.6. The van der Waals surface area contributed by atoms with E-state index in [1.165, 1.54) is 64.2 Å². The summed E-state index contributed by atoms with van der Waals surface area (Å²) in [7, 11) is 0. The molecule has 0 aromatic heterocycles. The Morgan fingerprint density at radius 2 is 1.17 bits per heavy atom. The van der Waals surface area contributed by atoms with E-state index in [0.717, 1.165) is 12.8 Å². The van der Waals surface area contributed by atoms with Gasteiger partial charge in [-0.05, 0) is 6.42 Å². The maximum Gasteiger partial charge on any atom is 0.155 e. The van der Waals surface area contributed by atoms with Gasteiger partial charge in [-0.1, -0.05) is 84.0 Å². The topological polar surface area (TPSA) is 17.1 Å². The minimum atomic E-state index is -1.23. The third-order valence-corrected chi connectivity index (χ3v) is 3.48. The van der Waals surface area contributed by atoms with Crippen LogP contribution in [-0.2, 0) is 4.79 Å². The SMILES string of the molecule is CCCCCCCCCCCCCC[C@H](F)C=O. The molecule has 0 aliphatic heterocycles. The minimum absolute atomic E-state index is 0.415. The van der Waals surface area contributed by atoms with Crippen molar-refractivity contribution in [1.82, 2.24) is 0 Å². The van der Waals surface area contributed by atoms with Crippen LogP contribution in [-0.4, -0.2) is 12.5 Å². The van der Waals surface area contributed by atoms with Crippen molar-refractivity contribution in [1.29, 1.82) is 0 Å². The lowest BCUT2D eigenvalue weighted by Crippen LogP contribution is -2.00. The van der Waals surface area contributed by atoms with Crippen LogP contribution in [0, 0.1) is 0 Å². The highest BCUT2D eigenvalue weighted by Gasteiger charge is 2.02. The average molecular weight is 258 g/mol. The van der Waals surface area contributed by atoms with Gasteiger partial charge < -0.3 is 4.79 Å². The van der Waals surface area contributed by atoms with Gasteiger partial charge in [-0.15, -0.1) is 0 Å². The van der Waals surface area contributed by atoms with Crippen molar-refractivity contribution in [2.24, 2.45) is 0 Å². The van der Waals surface area contributed by atoms with Gasteiger partial charge in [0.1, 0.15) is 0 Å². The van der Waals surface area contributed by atoms with Crippen molar-refractivity contribution < 1.29 is 9.18 Å². The number of carbonyl (C=O) groups excluding carboxylic acids is 1. The zero-order valence-corrected chi connectivity index (χ0v) is 12.1. The quantitative estimate of drug-likeness (QED) is 0.292. The second-order valence-electron chi connectivity index (χ2n) is 5.33. The van der Waals surface area contributed by atoms with Gasteiger partial charge in [-0.3, -0.25) is 0 Å². The first-order valence-electron chi connectivity index (χ1n) is 7.90. The van der Waals surface area contributed by atoms with Gasteiger partial charge in [0, 0.05) is 0 Å². The first-order chi connectivity index (χ1) is 8.81. The molecule has 0 unspecified atom stereocenters. The molecule has 1 nitrogen and oxygen atoms in total. The largest absolute Gasteiger partial charge is 0.300 e.